The quantitative estimate of drug-likeness (QED) is 0.786. The molecule has 1 atom stereocenters. The van der Waals surface area contributed by atoms with Crippen LogP contribution in [-0.4, -0.2) is 33.9 Å². The Kier molecular flexibility index (Phi) is 6.50. The van der Waals surface area contributed by atoms with Crippen molar-refractivity contribution in [3.63, 3.8) is 0 Å². The number of aryl methyl sites for hydroxylation is 1. The molecule has 1 unspecified atom stereocenters. The van der Waals surface area contributed by atoms with Crippen LogP contribution in [0.3, 0.4) is 0 Å². The van der Waals surface area contributed by atoms with Gasteiger partial charge < -0.3 is 19.5 Å². The molecule has 0 radical (unpaired) electrons. The summed E-state index contributed by atoms with van der Waals surface area (Å²) in [5, 5.41) is 3.41. The molecule has 19 heavy (non-hydrogen) atoms. The van der Waals surface area contributed by atoms with E-state index < -0.39 is 0 Å². The van der Waals surface area contributed by atoms with Gasteiger partial charge in [-0.3, -0.25) is 0 Å². The zero-order valence-corrected chi connectivity index (χ0v) is 12.6. The lowest BCUT2D eigenvalue weighted by Crippen LogP contribution is -2.25. The van der Waals surface area contributed by atoms with Crippen LogP contribution in [0.4, 0.5) is 0 Å². The van der Waals surface area contributed by atoms with Gasteiger partial charge in [-0.05, 0) is 44.0 Å². The molecule has 1 rings (SSSR count). The van der Waals surface area contributed by atoms with Crippen molar-refractivity contribution < 1.29 is 14.2 Å². The number of benzene rings is 1. The number of hydrogen-bond acceptors (Lipinski definition) is 4. The molecule has 0 fully saturated rings. The summed E-state index contributed by atoms with van der Waals surface area (Å²) in [5.74, 6) is 2.08. The summed E-state index contributed by atoms with van der Waals surface area (Å²) in [6.07, 6.45) is 2.05. The highest BCUT2D eigenvalue weighted by molar-refractivity contribution is 5.53. The maximum atomic E-state index is 5.35. The van der Waals surface area contributed by atoms with Crippen LogP contribution in [0.15, 0.2) is 12.1 Å². The van der Waals surface area contributed by atoms with Gasteiger partial charge in [0.2, 0.25) is 5.75 Å². The number of hydrogen-bond donors (Lipinski definition) is 1. The summed E-state index contributed by atoms with van der Waals surface area (Å²) < 4.78 is 16.0. The van der Waals surface area contributed by atoms with E-state index in [4.69, 9.17) is 14.2 Å². The molecule has 1 aromatic carbocycles. The molecular formula is C15H25NO3. The molecule has 0 aromatic heterocycles. The lowest BCUT2D eigenvalue weighted by atomic mass is 10.0. The van der Waals surface area contributed by atoms with Gasteiger partial charge in [0.15, 0.2) is 11.5 Å². The predicted octanol–water partition coefficient (Wildman–Crippen LogP) is 2.64. The van der Waals surface area contributed by atoms with Gasteiger partial charge in [0, 0.05) is 6.04 Å². The van der Waals surface area contributed by atoms with E-state index in [1.807, 2.05) is 12.1 Å². The Morgan fingerprint density at radius 2 is 1.63 bits per heavy atom. The van der Waals surface area contributed by atoms with Crippen LogP contribution in [0, 0.1) is 0 Å². The summed E-state index contributed by atoms with van der Waals surface area (Å²) in [7, 11) is 4.90. The zero-order chi connectivity index (χ0) is 14.3. The van der Waals surface area contributed by atoms with Crippen LogP contribution in [-0.2, 0) is 6.42 Å². The summed E-state index contributed by atoms with van der Waals surface area (Å²) in [6, 6.07) is 4.53. The Balaban J connectivity index is 2.84. The summed E-state index contributed by atoms with van der Waals surface area (Å²) in [5.41, 5.74) is 1.19. The zero-order valence-electron chi connectivity index (χ0n) is 12.6. The maximum absolute atomic E-state index is 5.35. The molecule has 0 amide bonds. The largest absolute Gasteiger partial charge is 0.493 e. The van der Waals surface area contributed by atoms with E-state index in [2.05, 4.69) is 19.2 Å². The second kappa shape index (κ2) is 7.89. The molecule has 1 aromatic rings. The van der Waals surface area contributed by atoms with E-state index in [0.29, 0.717) is 23.3 Å². The van der Waals surface area contributed by atoms with Crippen molar-refractivity contribution in [2.24, 2.45) is 0 Å². The fourth-order valence-corrected chi connectivity index (χ4v) is 2.11. The van der Waals surface area contributed by atoms with Gasteiger partial charge in [0.1, 0.15) is 0 Å². The molecule has 0 spiro atoms. The van der Waals surface area contributed by atoms with Crippen LogP contribution in [0.25, 0.3) is 0 Å². The van der Waals surface area contributed by atoms with E-state index in [-0.39, 0.29) is 0 Å². The van der Waals surface area contributed by atoms with Crippen molar-refractivity contribution in [1.82, 2.24) is 5.32 Å². The standard InChI is InChI=1S/C15H25NO3/c1-6-16-11(2)7-8-12-9-13(17-3)15(19-5)14(10-12)18-4/h9-11,16H,6-8H2,1-5H3. The van der Waals surface area contributed by atoms with Crippen LogP contribution < -0.4 is 19.5 Å². The van der Waals surface area contributed by atoms with Gasteiger partial charge in [-0.2, -0.15) is 0 Å². The van der Waals surface area contributed by atoms with E-state index >= 15 is 0 Å². The molecule has 0 aliphatic rings. The van der Waals surface area contributed by atoms with Gasteiger partial charge in [0.25, 0.3) is 0 Å². The van der Waals surface area contributed by atoms with Crippen LogP contribution >= 0.6 is 0 Å². The van der Waals surface area contributed by atoms with Crippen LogP contribution in [0.1, 0.15) is 25.8 Å². The minimum absolute atomic E-state index is 0.504. The Bertz CT molecular complexity index is 368. The first kappa shape index (κ1) is 15.6. The second-order valence-corrected chi connectivity index (χ2v) is 4.53. The topological polar surface area (TPSA) is 39.7 Å². The van der Waals surface area contributed by atoms with Gasteiger partial charge >= 0.3 is 0 Å². The number of ether oxygens (including phenoxy) is 3. The van der Waals surface area contributed by atoms with Gasteiger partial charge in [-0.15, -0.1) is 0 Å². The molecule has 0 aliphatic carbocycles. The van der Waals surface area contributed by atoms with E-state index in [1.54, 1.807) is 21.3 Å². The first-order valence-corrected chi connectivity index (χ1v) is 6.68. The molecule has 0 saturated carbocycles. The number of nitrogens with one attached hydrogen (secondary N) is 1. The third kappa shape index (κ3) is 4.31. The third-order valence-electron chi connectivity index (χ3n) is 3.14. The monoisotopic (exact) mass is 267 g/mol. The first-order chi connectivity index (χ1) is 9.15. The van der Waals surface area contributed by atoms with Crippen LogP contribution in [0.5, 0.6) is 17.2 Å². The fourth-order valence-electron chi connectivity index (χ4n) is 2.11. The molecule has 0 bridgehead atoms. The Morgan fingerprint density at radius 1 is 1.05 bits per heavy atom. The molecule has 1 N–H and O–H groups in total. The highest BCUT2D eigenvalue weighted by Crippen LogP contribution is 2.38. The Morgan fingerprint density at radius 3 is 2.05 bits per heavy atom. The molecule has 108 valence electrons. The summed E-state index contributed by atoms with van der Waals surface area (Å²) >= 11 is 0. The van der Waals surface area contributed by atoms with Gasteiger partial charge in [-0.25, -0.2) is 0 Å². The Labute approximate surface area is 116 Å². The summed E-state index contributed by atoms with van der Waals surface area (Å²) in [4.78, 5) is 0. The normalized spacial score (nSPS) is 12.1. The molecule has 4 nitrogen and oxygen atoms in total. The van der Waals surface area contributed by atoms with Gasteiger partial charge in [-0.1, -0.05) is 6.92 Å². The third-order valence-corrected chi connectivity index (χ3v) is 3.14. The minimum Gasteiger partial charge on any atom is -0.493 e. The van der Waals surface area contributed by atoms with Crippen LogP contribution in [0.2, 0.25) is 0 Å². The highest BCUT2D eigenvalue weighted by atomic mass is 16.5. The molecule has 0 saturated heterocycles. The summed E-state index contributed by atoms with van der Waals surface area (Å²) in [6.45, 7) is 5.31. The lowest BCUT2D eigenvalue weighted by Gasteiger charge is -2.16. The van der Waals surface area contributed by atoms with Gasteiger partial charge in [0.05, 0.1) is 21.3 Å². The fraction of sp³-hybridized carbons (Fsp3) is 0.600. The Hall–Kier alpha value is -1.42. The van der Waals surface area contributed by atoms with Crippen molar-refractivity contribution in [2.45, 2.75) is 32.7 Å². The smallest absolute Gasteiger partial charge is 0.203 e. The van der Waals surface area contributed by atoms with E-state index in [1.165, 1.54) is 5.56 Å². The lowest BCUT2D eigenvalue weighted by molar-refractivity contribution is 0.323. The second-order valence-electron chi connectivity index (χ2n) is 4.53. The SMILES string of the molecule is CCNC(C)CCc1cc(OC)c(OC)c(OC)c1. The molecular weight excluding hydrogens is 242 g/mol. The van der Waals surface area contributed by atoms with Crippen molar-refractivity contribution in [2.75, 3.05) is 27.9 Å². The number of rotatable bonds is 8. The highest BCUT2D eigenvalue weighted by Gasteiger charge is 2.13. The average Bonchev–Trinajstić information content (AvgIpc) is 2.44. The maximum Gasteiger partial charge on any atom is 0.203 e. The number of methoxy groups -OCH3 is 3. The predicted molar refractivity (Wildman–Crippen MR) is 77.6 cm³/mol. The molecule has 4 heteroatoms. The van der Waals surface area contributed by atoms with Crippen molar-refractivity contribution >= 4 is 0 Å². The minimum atomic E-state index is 0.504. The van der Waals surface area contributed by atoms with E-state index in [9.17, 15) is 0 Å². The van der Waals surface area contributed by atoms with E-state index in [0.717, 1.165) is 19.4 Å². The van der Waals surface area contributed by atoms with Crippen molar-refractivity contribution in [3.05, 3.63) is 17.7 Å². The molecule has 0 heterocycles. The average molecular weight is 267 g/mol. The molecule has 0 aliphatic heterocycles. The van der Waals surface area contributed by atoms with Crippen molar-refractivity contribution in [3.8, 4) is 17.2 Å². The first-order valence-electron chi connectivity index (χ1n) is 6.68. The van der Waals surface area contributed by atoms with Crippen molar-refractivity contribution in [1.29, 1.82) is 0 Å².